The molecule has 2 heteroatoms. The highest BCUT2D eigenvalue weighted by Crippen LogP contribution is 2.22. The van der Waals surface area contributed by atoms with Crippen molar-refractivity contribution in [3.63, 3.8) is 0 Å². The van der Waals surface area contributed by atoms with Gasteiger partial charge >= 0.3 is 0 Å². The first kappa shape index (κ1) is 12.9. The minimum atomic E-state index is 0.156. The van der Waals surface area contributed by atoms with E-state index in [-0.39, 0.29) is 11.8 Å². The van der Waals surface area contributed by atoms with Crippen molar-refractivity contribution >= 4 is 5.91 Å². The van der Waals surface area contributed by atoms with Gasteiger partial charge in [0.05, 0.1) is 0 Å². The predicted octanol–water partition coefficient (Wildman–Crippen LogP) is 3.42. The Morgan fingerprint density at radius 2 is 1.65 bits per heavy atom. The minimum absolute atomic E-state index is 0.156. The highest BCUT2D eigenvalue weighted by molar-refractivity contribution is 5.80. The van der Waals surface area contributed by atoms with Crippen LogP contribution in [0.4, 0.5) is 0 Å². The van der Waals surface area contributed by atoms with Crippen LogP contribution in [0.15, 0.2) is 54.6 Å². The minimum Gasteiger partial charge on any atom is -0.353 e. The molecule has 1 N–H and O–H groups in total. The number of nitrogens with one attached hydrogen (secondary N) is 1. The van der Waals surface area contributed by atoms with E-state index < -0.39 is 0 Å². The van der Waals surface area contributed by atoms with Gasteiger partial charge in [0, 0.05) is 12.0 Å². The van der Waals surface area contributed by atoms with Crippen LogP contribution in [0.1, 0.15) is 18.9 Å². The van der Waals surface area contributed by atoms with Crippen LogP contribution in [0.5, 0.6) is 0 Å². The van der Waals surface area contributed by atoms with Crippen molar-refractivity contribution in [2.24, 2.45) is 5.92 Å². The Balaban J connectivity index is 1.69. The molecule has 2 nitrogen and oxygen atoms in total. The molecule has 0 unspecified atom stereocenters. The van der Waals surface area contributed by atoms with Gasteiger partial charge in [-0.05, 0) is 29.5 Å². The van der Waals surface area contributed by atoms with Crippen LogP contribution >= 0.6 is 0 Å². The summed E-state index contributed by atoms with van der Waals surface area (Å²) in [5.41, 5.74) is 3.75. The molecular weight excluding hydrogens is 246 g/mol. The number of benzene rings is 2. The molecule has 2 atom stereocenters. The van der Waals surface area contributed by atoms with Crippen molar-refractivity contribution < 1.29 is 4.79 Å². The van der Waals surface area contributed by atoms with Crippen LogP contribution in [0.25, 0.3) is 11.1 Å². The van der Waals surface area contributed by atoms with Gasteiger partial charge in [0.1, 0.15) is 0 Å². The van der Waals surface area contributed by atoms with Crippen LogP contribution in [0.2, 0.25) is 0 Å². The molecule has 0 saturated carbocycles. The second kappa shape index (κ2) is 5.49. The van der Waals surface area contributed by atoms with Gasteiger partial charge in [-0.25, -0.2) is 0 Å². The lowest BCUT2D eigenvalue weighted by molar-refractivity contribution is -0.122. The molecule has 1 aliphatic heterocycles. The molecule has 0 radical (unpaired) electrons. The summed E-state index contributed by atoms with van der Waals surface area (Å²) in [5, 5.41) is 3.06. The number of carbonyl (C=O) groups is 1. The first-order valence-electron chi connectivity index (χ1n) is 7.17. The molecule has 2 aromatic carbocycles. The quantitative estimate of drug-likeness (QED) is 0.905. The van der Waals surface area contributed by atoms with Crippen molar-refractivity contribution in [1.29, 1.82) is 0 Å². The smallest absolute Gasteiger partial charge is 0.223 e. The summed E-state index contributed by atoms with van der Waals surface area (Å²) in [5.74, 6) is 0.347. The third-order valence-corrected chi connectivity index (χ3v) is 3.98. The Morgan fingerprint density at radius 1 is 1.00 bits per heavy atom. The van der Waals surface area contributed by atoms with E-state index in [2.05, 4.69) is 53.8 Å². The summed E-state index contributed by atoms with van der Waals surface area (Å²) in [4.78, 5) is 11.5. The van der Waals surface area contributed by atoms with E-state index in [9.17, 15) is 4.79 Å². The molecule has 0 bridgehead atoms. The summed E-state index contributed by atoms with van der Waals surface area (Å²) in [6.07, 6.45) is 1.87. The van der Waals surface area contributed by atoms with Gasteiger partial charge in [-0.1, -0.05) is 61.5 Å². The molecule has 2 aromatic rings. The zero-order valence-electron chi connectivity index (χ0n) is 11.7. The van der Waals surface area contributed by atoms with Gasteiger partial charge in [0.25, 0.3) is 0 Å². The maximum Gasteiger partial charge on any atom is 0.223 e. The van der Waals surface area contributed by atoms with Crippen molar-refractivity contribution in [2.45, 2.75) is 25.8 Å². The van der Waals surface area contributed by atoms with Crippen LogP contribution in [0, 0.1) is 5.92 Å². The lowest BCUT2D eigenvalue weighted by Crippen LogP contribution is -2.27. The molecule has 1 aliphatic rings. The second-order valence-electron chi connectivity index (χ2n) is 5.61. The van der Waals surface area contributed by atoms with E-state index in [1.807, 2.05) is 13.0 Å². The molecule has 0 aromatic heterocycles. The topological polar surface area (TPSA) is 29.1 Å². The number of carbonyl (C=O) groups excluding carboxylic acids is 1. The van der Waals surface area contributed by atoms with E-state index in [0.717, 1.165) is 12.8 Å². The maximum atomic E-state index is 11.5. The van der Waals surface area contributed by atoms with Crippen molar-refractivity contribution in [2.75, 3.05) is 0 Å². The lowest BCUT2D eigenvalue weighted by Gasteiger charge is -2.10. The third-order valence-electron chi connectivity index (χ3n) is 3.98. The fourth-order valence-corrected chi connectivity index (χ4v) is 2.82. The Labute approximate surface area is 119 Å². The fraction of sp³-hybridized carbons (Fsp3) is 0.278. The summed E-state index contributed by atoms with van der Waals surface area (Å²) in [6, 6.07) is 19.3. The maximum absolute atomic E-state index is 11.5. The van der Waals surface area contributed by atoms with Gasteiger partial charge in [-0.3, -0.25) is 4.79 Å². The zero-order valence-corrected chi connectivity index (χ0v) is 11.7. The van der Waals surface area contributed by atoms with E-state index in [1.165, 1.54) is 16.7 Å². The van der Waals surface area contributed by atoms with Crippen molar-refractivity contribution in [3.8, 4) is 11.1 Å². The molecule has 102 valence electrons. The number of amides is 1. The highest BCUT2D eigenvalue weighted by Gasteiger charge is 2.27. The predicted molar refractivity (Wildman–Crippen MR) is 81.3 cm³/mol. The van der Waals surface area contributed by atoms with Gasteiger partial charge < -0.3 is 5.32 Å². The van der Waals surface area contributed by atoms with Crippen molar-refractivity contribution in [1.82, 2.24) is 5.32 Å². The lowest BCUT2D eigenvalue weighted by atomic mass is 9.98. The molecule has 0 aliphatic carbocycles. The molecule has 1 amide bonds. The second-order valence-corrected chi connectivity index (χ2v) is 5.61. The molecule has 1 saturated heterocycles. The van der Waals surface area contributed by atoms with Crippen LogP contribution in [0.3, 0.4) is 0 Å². The third kappa shape index (κ3) is 2.74. The number of rotatable bonds is 3. The van der Waals surface area contributed by atoms with E-state index >= 15 is 0 Å². The Morgan fingerprint density at radius 3 is 2.25 bits per heavy atom. The summed E-state index contributed by atoms with van der Waals surface area (Å²) < 4.78 is 0. The van der Waals surface area contributed by atoms with Gasteiger partial charge in [-0.2, -0.15) is 0 Å². The first-order chi connectivity index (χ1) is 9.72. The molecule has 0 spiro atoms. The monoisotopic (exact) mass is 265 g/mol. The summed E-state index contributed by atoms with van der Waals surface area (Å²) in [7, 11) is 0. The number of hydrogen-bond acceptors (Lipinski definition) is 1. The van der Waals surface area contributed by atoms with E-state index in [0.29, 0.717) is 6.04 Å². The average Bonchev–Trinajstić information content (AvgIpc) is 2.79. The fourth-order valence-electron chi connectivity index (χ4n) is 2.82. The average molecular weight is 265 g/mol. The summed E-state index contributed by atoms with van der Waals surface area (Å²) >= 11 is 0. The van der Waals surface area contributed by atoms with Crippen LogP contribution in [-0.4, -0.2) is 11.9 Å². The highest BCUT2D eigenvalue weighted by atomic mass is 16.2. The normalized spacial score (nSPS) is 21.8. The van der Waals surface area contributed by atoms with E-state index in [4.69, 9.17) is 0 Å². The van der Waals surface area contributed by atoms with Crippen LogP contribution in [-0.2, 0) is 11.2 Å². The first-order valence-corrected chi connectivity index (χ1v) is 7.17. The molecule has 20 heavy (non-hydrogen) atoms. The van der Waals surface area contributed by atoms with Crippen molar-refractivity contribution in [3.05, 3.63) is 60.2 Å². The molecule has 3 rings (SSSR count). The van der Waals surface area contributed by atoms with Gasteiger partial charge in [0.2, 0.25) is 5.91 Å². The zero-order chi connectivity index (χ0) is 13.9. The van der Waals surface area contributed by atoms with Gasteiger partial charge in [0.15, 0.2) is 0 Å². The largest absolute Gasteiger partial charge is 0.353 e. The molecule has 1 heterocycles. The van der Waals surface area contributed by atoms with E-state index in [1.54, 1.807) is 0 Å². The van der Waals surface area contributed by atoms with Crippen LogP contribution < -0.4 is 5.32 Å². The van der Waals surface area contributed by atoms with Gasteiger partial charge in [-0.15, -0.1) is 0 Å². The summed E-state index contributed by atoms with van der Waals surface area (Å²) in [6.45, 7) is 1.99. The standard InChI is InChI=1S/C18H19NO/c1-13-11-17(19-18(13)20)12-14-7-9-16(10-8-14)15-5-3-2-4-6-15/h2-10,13,17H,11-12H2,1H3,(H,19,20)/t13-,17-/m1/s1. The Kier molecular flexibility index (Phi) is 3.55. The SMILES string of the molecule is C[C@@H]1C[C@H](Cc2ccc(-c3ccccc3)cc2)NC1=O. The Bertz CT molecular complexity index is 589. The Hall–Kier alpha value is -2.09. The molecular formula is C18H19NO. The number of hydrogen-bond donors (Lipinski definition) is 1. The molecule has 1 fully saturated rings.